The maximum atomic E-state index is 12.8. The second kappa shape index (κ2) is 9.88. The highest BCUT2D eigenvalue weighted by atomic mass is 32.2. The zero-order chi connectivity index (χ0) is 19.1. The summed E-state index contributed by atoms with van der Waals surface area (Å²) in [5.74, 6) is 0.0282. The fraction of sp³-hybridized carbons (Fsp3) is 0.600. The van der Waals surface area contributed by atoms with Gasteiger partial charge in [0.2, 0.25) is 11.1 Å². The summed E-state index contributed by atoms with van der Waals surface area (Å²) in [4.78, 5) is 12.8. The molecule has 27 heavy (non-hydrogen) atoms. The molecule has 1 aromatic heterocycles. The number of nitrogens with zero attached hydrogens (tertiary/aromatic N) is 4. The lowest BCUT2D eigenvalue weighted by Crippen LogP contribution is -2.34. The molecule has 0 spiro atoms. The minimum absolute atomic E-state index is 0.0282. The number of hydrogen-bond acceptors (Lipinski definition) is 5. The topological polar surface area (TPSA) is 72.7 Å². The molecule has 7 heteroatoms. The first-order valence-electron chi connectivity index (χ1n) is 9.99. The van der Waals surface area contributed by atoms with Gasteiger partial charge in [0.25, 0.3) is 0 Å². The van der Waals surface area contributed by atoms with Crippen LogP contribution in [0, 0.1) is 0 Å². The summed E-state index contributed by atoms with van der Waals surface area (Å²) >= 11 is 1.45. The Morgan fingerprint density at radius 3 is 2.70 bits per heavy atom. The number of nitrogens with one attached hydrogen (secondary N) is 1. The van der Waals surface area contributed by atoms with Crippen molar-refractivity contribution in [3.63, 3.8) is 0 Å². The van der Waals surface area contributed by atoms with Crippen LogP contribution in [0.1, 0.15) is 76.4 Å². The Labute approximate surface area is 165 Å². The van der Waals surface area contributed by atoms with Gasteiger partial charge in [0.05, 0.1) is 17.3 Å². The van der Waals surface area contributed by atoms with E-state index in [1.165, 1.54) is 31.0 Å². The molecule has 2 atom stereocenters. The predicted molar refractivity (Wildman–Crippen MR) is 107 cm³/mol. The van der Waals surface area contributed by atoms with Crippen molar-refractivity contribution in [1.29, 1.82) is 0 Å². The van der Waals surface area contributed by atoms with Gasteiger partial charge in [-0.15, -0.1) is 5.10 Å². The highest BCUT2D eigenvalue weighted by molar-refractivity contribution is 8.00. The van der Waals surface area contributed by atoms with E-state index in [0.717, 1.165) is 36.4 Å². The summed E-state index contributed by atoms with van der Waals surface area (Å²) in [5, 5.41) is 15.9. The van der Waals surface area contributed by atoms with E-state index < -0.39 is 0 Å². The predicted octanol–water partition coefficient (Wildman–Crippen LogP) is 4.32. The highest BCUT2D eigenvalue weighted by Gasteiger charge is 2.25. The Kier molecular flexibility index (Phi) is 7.26. The van der Waals surface area contributed by atoms with E-state index in [1.807, 2.05) is 29.8 Å². The quantitative estimate of drug-likeness (QED) is 0.683. The van der Waals surface area contributed by atoms with Crippen molar-refractivity contribution in [2.24, 2.45) is 0 Å². The van der Waals surface area contributed by atoms with Crippen LogP contribution in [0.25, 0.3) is 0 Å². The second-order valence-corrected chi connectivity index (χ2v) is 8.53. The van der Waals surface area contributed by atoms with Gasteiger partial charge in [0.1, 0.15) is 0 Å². The van der Waals surface area contributed by atoms with Crippen LogP contribution in [0.3, 0.4) is 0 Å². The summed E-state index contributed by atoms with van der Waals surface area (Å²) in [6.45, 7) is 4.06. The Balaban J connectivity index is 1.63. The molecule has 0 bridgehead atoms. The monoisotopic (exact) mass is 387 g/mol. The van der Waals surface area contributed by atoms with E-state index in [0.29, 0.717) is 6.04 Å². The fourth-order valence-corrected chi connectivity index (χ4v) is 4.48. The van der Waals surface area contributed by atoms with Crippen LogP contribution in [0.2, 0.25) is 0 Å². The van der Waals surface area contributed by atoms with Gasteiger partial charge in [-0.2, -0.15) is 0 Å². The van der Waals surface area contributed by atoms with Crippen molar-refractivity contribution < 1.29 is 4.79 Å². The van der Waals surface area contributed by atoms with E-state index >= 15 is 0 Å². The maximum Gasteiger partial charge on any atom is 0.233 e. The molecule has 2 unspecified atom stereocenters. The van der Waals surface area contributed by atoms with Crippen LogP contribution in [0.15, 0.2) is 35.5 Å². The van der Waals surface area contributed by atoms with Crippen LogP contribution >= 0.6 is 11.8 Å². The minimum atomic E-state index is -0.249. The molecule has 1 N–H and O–H groups in total. The highest BCUT2D eigenvalue weighted by Crippen LogP contribution is 2.31. The van der Waals surface area contributed by atoms with Crippen molar-refractivity contribution in [2.75, 3.05) is 0 Å². The van der Waals surface area contributed by atoms with E-state index in [9.17, 15) is 4.79 Å². The first-order valence-corrected chi connectivity index (χ1v) is 10.9. The van der Waals surface area contributed by atoms with Gasteiger partial charge in [-0.05, 0) is 42.2 Å². The molecule has 1 aliphatic rings. The molecule has 1 fully saturated rings. The summed E-state index contributed by atoms with van der Waals surface area (Å²) in [6.07, 6.45) is 7.91. The number of hydrogen-bond donors (Lipinski definition) is 1. The fourth-order valence-electron chi connectivity index (χ4n) is 3.61. The van der Waals surface area contributed by atoms with Crippen LogP contribution in [-0.2, 0) is 4.79 Å². The summed E-state index contributed by atoms with van der Waals surface area (Å²) in [7, 11) is 0. The van der Waals surface area contributed by atoms with Gasteiger partial charge < -0.3 is 5.32 Å². The Hall–Kier alpha value is -1.89. The first kappa shape index (κ1) is 19.9. The SMILES string of the molecule is CCCC(NC(=O)C(C)Sc1nnnn1C1CCCCC1)c1ccccc1. The number of tetrazole rings is 1. The lowest BCUT2D eigenvalue weighted by Gasteiger charge is -2.23. The number of rotatable bonds is 8. The van der Waals surface area contributed by atoms with Gasteiger partial charge >= 0.3 is 0 Å². The first-order chi connectivity index (χ1) is 13.2. The van der Waals surface area contributed by atoms with Crippen LogP contribution in [-0.4, -0.2) is 31.4 Å². The summed E-state index contributed by atoms with van der Waals surface area (Å²) in [5.41, 5.74) is 1.15. The van der Waals surface area contributed by atoms with Crippen molar-refractivity contribution >= 4 is 17.7 Å². The standard InChI is InChI=1S/C20H29N5OS/c1-3-10-18(16-11-6-4-7-12-16)21-19(26)15(2)27-20-22-23-24-25(20)17-13-8-5-9-14-17/h4,6-7,11-12,15,17-18H,3,5,8-10,13-14H2,1-2H3,(H,21,26). The van der Waals surface area contributed by atoms with Gasteiger partial charge in [-0.25, -0.2) is 4.68 Å². The Morgan fingerprint density at radius 2 is 2.00 bits per heavy atom. The molecule has 146 valence electrons. The number of thioether (sulfide) groups is 1. The molecule has 0 saturated heterocycles. The maximum absolute atomic E-state index is 12.8. The number of benzene rings is 1. The number of aromatic nitrogens is 4. The molecule has 0 aliphatic heterocycles. The Bertz CT molecular complexity index is 714. The molecular weight excluding hydrogens is 358 g/mol. The molecule has 2 aromatic rings. The van der Waals surface area contributed by atoms with Gasteiger partial charge in [0.15, 0.2) is 0 Å². The lowest BCUT2D eigenvalue weighted by atomic mass is 9.96. The van der Waals surface area contributed by atoms with Gasteiger partial charge in [-0.3, -0.25) is 4.79 Å². The third kappa shape index (κ3) is 5.31. The van der Waals surface area contributed by atoms with Crippen molar-refractivity contribution in [3.8, 4) is 0 Å². The third-order valence-corrected chi connectivity index (χ3v) is 6.18. The molecular formula is C20H29N5OS. The number of carbonyl (C=O) groups excluding carboxylic acids is 1. The molecule has 1 aromatic carbocycles. The van der Waals surface area contributed by atoms with Crippen molar-refractivity contribution in [2.45, 2.75) is 81.3 Å². The van der Waals surface area contributed by atoms with E-state index in [4.69, 9.17) is 0 Å². The minimum Gasteiger partial charge on any atom is -0.348 e. The molecule has 0 radical (unpaired) electrons. The average Bonchev–Trinajstić information content (AvgIpc) is 3.17. The molecule has 6 nitrogen and oxygen atoms in total. The molecule has 1 saturated carbocycles. The average molecular weight is 388 g/mol. The normalized spacial score (nSPS) is 17.4. The number of amides is 1. The summed E-state index contributed by atoms with van der Waals surface area (Å²) in [6, 6.07) is 10.6. The van der Waals surface area contributed by atoms with Crippen LogP contribution < -0.4 is 5.32 Å². The molecule has 1 heterocycles. The molecule has 3 rings (SSSR count). The van der Waals surface area contributed by atoms with E-state index in [-0.39, 0.29) is 17.2 Å². The third-order valence-electron chi connectivity index (χ3n) is 5.13. The zero-order valence-electron chi connectivity index (χ0n) is 16.2. The van der Waals surface area contributed by atoms with Gasteiger partial charge in [-0.1, -0.05) is 74.7 Å². The van der Waals surface area contributed by atoms with Crippen LogP contribution in [0.4, 0.5) is 0 Å². The summed E-state index contributed by atoms with van der Waals surface area (Å²) < 4.78 is 1.92. The Morgan fingerprint density at radius 1 is 1.26 bits per heavy atom. The molecule has 1 aliphatic carbocycles. The van der Waals surface area contributed by atoms with Gasteiger partial charge in [0, 0.05) is 0 Å². The second-order valence-electron chi connectivity index (χ2n) is 7.22. The van der Waals surface area contributed by atoms with Crippen molar-refractivity contribution in [3.05, 3.63) is 35.9 Å². The van der Waals surface area contributed by atoms with Crippen molar-refractivity contribution in [1.82, 2.24) is 25.5 Å². The van der Waals surface area contributed by atoms with Crippen LogP contribution in [0.5, 0.6) is 0 Å². The van der Waals surface area contributed by atoms with E-state index in [1.54, 1.807) is 0 Å². The largest absolute Gasteiger partial charge is 0.348 e. The lowest BCUT2D eigenvalue weighted by molar-refractivity contribution is -0.121. The smallest absolute Gasteiger partial charge is 0.233 e. The number of carbonyl (C=O) groups is 1. The molecule has 1 amide bonds. The zero-order valence-corrected chi connectivity index (χ0v) is 17.0. The van der Waals surface area contributed by atoms with E-state index in [2.05, 4.69) is 39.9 Å².